The van der Waals surface area contributed by atoms with Crippen molar-refractivity contribution in [2.45, 2.75) is 19.6 Å². The number of amides is 1. The quantitative estimate of drug-likeness (QED) is 0.599. The summed E-state index contributed by atoms with van der Waals surface area (Å²) in [6.07, 6.45) is 2.97. The van der Waals surface area contributed by atoms with Crippen molar-refractivity contribution in [1.29, 1.82) is 0 Å². The molecule has 9 heteroatoms. The number of halogens is 2. The number of hydrogen-bond acceptors (Lipinski definition) is 4. The molecule has 0 bridgehead atoms. The molecular formula is C20H18Cl2N4O3. The fraction of sp³-hybridized carbons (Fsp3) is 0.200. The van der Waals surface area contributed by atoms with Gasteiger partial charge in [-0.05, 0) is 29.8 Å². The number of rotatable bonds is 6. The van der Waals surface area contributed by atoms with E-state index in [1.54, 1.807) is 35.4 Å². The van der Waals surface area contributed by atoms with E-state index in [1.165, 1.54) is 23.9 Å². The molecule has 3 aromatic rings. The number of carbonyl (C=O) groups is 1. The van der Waals surface area contributed by atoms with Gasteiger partial charge >= 0.3 is 5.69 Å². The van der Waals surface area contributed by atoms with Crippen molar-refractivity contribution in [3.63, 3.8) is 0 Å². The third-order valence-electron chi connectivity index (χ3n) is 4.36. The minimum absolute atomic E-state index is 0.207. The minimum Gasteiger partial charge on any atom is -0.331 e. The zero-order chi connectivity index (χ0) is 21.0. The summed E-state index contributed by atoms with van der Waals surface area (Å²) in [6.45, 7) is 0.300. The number of benzene rings is 1. The van der Waals surface area contributed by atoms with Crippen molar-refractivity contribution < 1.29 is 4.79 Å². The Bertz CT molecular complexity index is 1140. The van der Waals surface area contributed by atoms with Gasteiger partial charge in [-0.15, -0.1) is 0 Å². The highest BCUT2D eigenvalue weighted by atomic mass is 35.5. The maximum absolute atomic E-state index is 13.0. The minimum atomic E-state index is -0.557. The van der Waals surface area contributed by atoms with Crippen molar-refractivity contribution in [1.82, 2.24) is 19.0 Å². The summed E-state index contributed by atoms with van der Waals surface area (Å²) >= 11 is 12.1. The smallest absolute Gasteiger partial charge is 0.331 e. The lowest BCUT2D eigenvalue weighted by molar-refractivity contribution is -0.133. The lowest BCUT2D eigenvalue weighted by Gasteiger charge is -2.23. The zero-order valence-electron chi connectivity index (χ0n) is 15.6. The average Bonchev–Trinajstić information content (AvgIpc) is 2.71. The summed E-state index contributed by atoms with van der Waals surface area (Å²) in [6, 6.07) is 11.8. The van der Waals surface area contributed by atoms with Crippen molar-refractivity contribution in [2.24, 2.45) is 7.05 Å². The van der Waals surface area contributed by atoms with E-state index >= 15 is 0 Å². The largest absolute Gasteiger partial charge is 0.331 e. The van der Waals surface area contributed by atoms with E-state index in [-0.39, 0.29) is 25.5 Å². The second-order valence-corrected chi connectivity index (χ2v) is 7.26. The van der Waals surface area contributed by atoms with Gasteiger partial charge in [0.05, 0.1) is 22.3 Å². The summed E-state index contributed by atoms with van der Waals surface area (Å²) in [5, 5.41) is 0.818. The molecule has 0 radical (unpaired) electrons. The monoisotopic (exact) mass is 432 g/mol. The Morgan fingerprint density at radius 1 is 1.07 bits per heavy atom. The summed E-state index contributed by atoms with van der Waals surface area (Å²) in [7, 11) is 1.37. The maximum Gasteiger partial charge on any atom is 0.331 e. The number of aromatic nitrogens is 3. The first kappa shape index (κ1) is 20.8. The molecule has 0 aliphatic rings. The summed E-state index contributed by atoms with van der Waals surface area (Å²) in [4.78, 5) is 42.7. The highest BCUT2D eigenvalue weighted by Crippen LogP contribution is 2.23. The molecule has 0 spiro atoms. The van der Waals surface area contributed by atoms with Crippen LogP contribution in [0.4, 0.5) is 0 Å². The van der Waals surface area contributed by atoms with Gasteiger partial charge in [-0.2, -0.15) is 0 Å². The third-order valence-corrected chi connectivity index (χ3v) is 5.09. The molecule has 0 N–H and O–H groups in total. The number of pyridine rings is 1. The van der Waals surface area contributed by atoms with E-state index in [4.69, 9.17) is 23.2 Å². The molecule has 29 heavy (non-hydrogen) atoms. The fourth-order valence-electron chi connectivity index (χ4n) is 2.76. The van der Waals surface area contributed by atoms with Crippen LogP contribution in [0.3, 0.4) is 0 Å². The normalized spacial score (nSPS) is 10.7. The van der Waals surface area contributed by atoms with E-state index in [2.05, 4.69) is 4.98 Å². The SMILES string of the molecule is Cn1c(=O)ccn(CC(=O)N(Cc2ccc(Cl)c(Cl)c2)Cc2ccccn2)c1=O. The molecule has 1 amide bonds. The highest BCUT2D eigenvalue weighted by molar-refractivity contribution is 6.42. The Morgan fingerprint density at radius 3 is 2.55 bits per heavy atom. The Morgan fingerprint density at radius 2 is 1.86 bits per heavy atom. The van der Waals surface area contributed by atoms with Crippen LogP contribution in [-0.4, -0.2) is 24.9 Å². The van der Waals surface area contributed by atoms with Crippen LogP contribution in [-0.2, 0) is 31.5 Å². The molecule has 0 saturated carbocycles. The van der Waals surface area contributed by atoms with Crippen molar-refractivity contribution in [3.05, 3.63) is 97.0 Å². The second-order valence-electron chi connectivity index (χ2n) is 6.44. The van der Waals surface area contributed by atoms with Crippen molar-refractivity contribution in [3.8, 4) is 0 Å². The van der Waals surface area contributed by atoms with Gasteiger partial charge in [0.25, 0.3) is 5.56 Å². The summed E-state index contributed by atoms with van der Waals surface area (Å²) < 4.78 is 2.15. The van der Waals surface area contributed by atoms with Crippen molar-refractivity contribution in [2.75, 3.05) is 0 Å². The number of hydrogen-bond donors (Lipinski definition) is 0. The Hall–Kier alpha value is -2.90. The number of carbonyl (C=O) groups excluding carboxylic acids is 1. The summed E-state index contributed by atoms with van der Waals surface area (Å²) in [5.41, 5.74) is 0.503. The van der Waals surface area contributed by atoms with Crippen LogP contribution in [0.2, 0.25) is 10.0 Å². The fourth-order valence-corrected chi connectivity index (χ4v) is 3.08. The molecule has 0 aliphatic heterocycles. The van der Waals surface area contributed by atoms with Gasteiger partial charge in [-0.25, -0.2) is 4.79 Å². The molecule has 0 aliphatic carbocycles. The van der Waals surface area contributed by atoms with E-state index in [1.807, 2.05) is 12.1 Å². The van der Waals surface area contributed by atoms with Crippen LogP contribution in [0, 0.1) is 0 Å². The third kappa shape index (κ3) is 5.13. The standard InChI is InChI=1S/C20H18Cl2N4O3/c1-24-18(27)7-9-25(20(24)29)13-19(28)26(12-15-4-2-3-8-23-15)11-14-5-6-16(21)17(22)10-14/h2-10H,11-13H2,1H3. The molecule has 2 aromatic heterocycles. The predicted octanol–water partition coefficient (Wildman–Crippen LogP) is 2.48. The van der Waals surface area contributed by atoms with Gasteiger partial charge in [0.2, 0.25) is 5.91 Å². The van der Waals surface area contributed by atoms with Crippen LogP contribution in [0.1, 0.15) is 11.3 Å². The predicted molar refractivity (Wildman–Crippen MR) is 111 cm³/mol. The number of nitrogens with zero attached hydrogens (tertiary/aromatic N) is 4. The van der Waals surface area contributed by atoms with Crippen LogP contribution >= 0.6 is 23.2 Å². The van der Waals surface area contributed by atoms with E-state index < -0.39 is 11.2 Å². The Balaban J connectivity index is 1.88. The molecule has 0 unspecified atom stereocenters. The van der Waals surface area contributed by atoms with Crippen molar-refractivity contribution >= 4 is 29.1 Å². The maximum atomic E-state index is 13.0. The second kappa shape index (κ2) is 9.07. The molecule has 150 valence electrons. The lowest BCUT2D eigenvalue weighted by atomic mass is 10.2. The lowest BCUT2D eigenvalue weighted by Crippen LogP contribution is -2.41. The average molecular weight is 433 g/mol. The van der Waals surface area contributed by atoms with Gasteiger partial charge < -0.3 is 4.90 Å². The first-order valence-corrected chi connectivity index (χ1v) is 9.49. The molecule has 2 heterocycles. The molecule has 0 fully saturated rings. The van der Waals surface area contributed by atoms with Crippen LogP contribution in [0.25, 0.3) is 0 Å². The highest BCUT2D eigenvalue weighted by Gasteiger charge is 2.17. The molecule has 0 saturated heterocycles. The zero-order valence-corrected chi connectivity index (χ0v) is 17.1. The summed E-state index contributed by atoms with van der Waals surface area (Å²) in [5.74, 6) is -0.303. The van der Waals surface area contributed by atoms with Gasteiger partial charge in [-0.1, -0.05) is 35.3 Å². The van der Waals surface area contributed by atoms with Crippen LogP contribution in [0.5, 0.6) is 0 Å². The first-order chi connectivity index (χ1) is 13.8. The Kier molecular flexibility index (Phi) is 6.51. The molecular weight excluding hydrogens is 415 g/mol. The molecule has 1 aromatic carbocycles. The van der Waals surface area contributed by atoms with Gasteiger partial charge in [0.1, 0.15) is 6.54 Å². The van der Waals surface area contributed by atoms with E-state index in [0.29, 0.717) is 15.7 Å². The van der Waals surface area contributed by atoms with Crippen LogP contribution in [0.15, 0.2) is 64.4 Å². The van der Waals surface area contributed by atoms with E-state index in [9.17, 15) is 14.4 Å². The van der Waals surface area contributed by atoms with Gasteiger partial charge in [0.15, 0.2) is 0 Å². The Labute approximate surface area is 176 Å². The molecule has 3 rings (SSSR count). The topological polar surface area (TPSA) is 77.2 Å². The van der Waals surface area contributed by atoms with Gasteiger partial charge in [0, 0.05) is 32.1 Å². The molecule has 0 atom stereocenters. The van der Waals surface area contributed by atoms with Gasteiger partial charge in [-0.3, -0.25) is 23.7 Å². The molecule has 7 nitrogen and oxygen atoms in total. The van der Waals surface area contributed by atoms with E-state index in [0.717, 1.165) is 10.1 Å². The van der Waals surface area contributed by atoms with Crippen LogP contribution < -0.4 is 11.2 Å². The first-order valence-electron chi connectivity index (χ1n) is 8.73.